The highest BCUT2D eigenvalue weighted by atomic mass is 35.5. The fourth-order valence-corrected chi connectivity index (χ4v) is 2.49. The van der Waals surface area contributed by atoms with Gasteiger partial charge in [0, 0.05) is 6.20 Å². The highest BCUT2D eigenvalue weighted by molar-refractivity contribution is 6.33. The normalized spacial score (nSPS) is 10.5. The second-order valence-corrected chi connectivity index (χ2v) is 5.63. The van der Waals surface area contributed by atoms with E-state index in [4.69, 9.17) is 11.6 Å². The van der Waals surface area contributed by atoms with Gasteiger partial charge in [0.2, 0.25) is 5.91 Å². The van der Waals surface area contributed by atoms with Crippen molar-refractivity contribution in [3.05, 3.63) is 83.0 Å². The molecule has 0 saturated carbocycles. The molecule has 116 valence electrons. The van der Waals surface area contributed by atoms with E-state index >= 15 is 0 Å². The zero-order chi connectivity index (χ0) is 16.1. The van der Waals surface area contributed by atoms with Gasteiger partial charge in [-0.05, 0) is 11.1 Å². The summed E-state index contributed by atoms with van der Waals surface area (Å²) < 4.78 is 1.72. The second kappa shape index (κ2) is 7.11. The van der Waals surface area contributed by atoms with Crippen LogP contribution < -0.4 is 5.32 Å². The lowest BCUT2D eigenvalue weighted by Gasteiger charge is -2.03. The van der Waals surface area contributed by atoms with Crippen molar-refractivity contribution in [1.82, 2.24) is 9.78 Å². The van der Waals surface area contributed by atoms with Gasteiger partial charge in [0.05, 0.1) is 13.0 Å². The van der Waals surface area contributed by atoms with E-state index in [1.807, 2.05) is 60.7 Å². The molecule has 2 aromatic carbocycles. The van der Waals surface area contributed by atoms with E-state index in [1.54, 1.807) is 10.9 Å². The zero-order valence-electron chi connectivity index (χ0n) is 12.4. The number of hydrogen-bond donors (Lipinski definition) is 1. The highest BCUT2D eigenvalue weighted by Crippen LogP contribution is 2.20. The molecule has 0 unspecified atom stereocenters. The smallest absolute Gasteiger partial charge is 0.230 e. The van der Waals surface area contributed by atoms with Crippen molar-refractivity contribution in [3.63, 3.8) is 0 Å². The number of halogens is 1. The number of benzene rings is 2. The van der Waals surface area contributed by atoms with Gasteiger partial charge < -0.3 is 5.32 Å². The maximum absolute atomic E-state index is 12.1. The quantitative estimate of drug-likeness (QED) is 0.776. The van der Waals surface area contributed by atoms with Crippen molar-refractivity contribution < 1.29 is 4.79 Å². The molecule has 0 radical (unpaired) electrons. The van der Waals surface area contributed by atoms with Crippen LogP contribution in [-0.4, -0.2) is 15.7 Å². The van der Waals surface area contributed by atoms with Crippen molar-refractivity contribution >= 4 is 23.3 Å². The Labute approximate surface area is 139 Å². The molecular weight excluding hydrogens is 310 g/mol. The molecule has 0 aliphatic heterocycles. The number of nitrogens with zero attached hydrogens (tertiary/aromatic N) is 2. The molecule has 0 bridgehead atoms. The maximum atomic E-state index is 12.1. The summed E-state index contributed by atoms with van der Waals surface area (Å²) in [5, 5.41) is 7.53. The predicted octanol–water partition coefficient (Wildman–Crippen LogP) is 3.77. The number of amides is 1. The molecule has 1 amide bonds. The first kappa shape index (κ1) is 15.3. The predicted molar refractivity (Wildman–Crippen MR) is 91.6 cm³/mol. The molecule has 23 heavy (non-hydrogen) atoms. The topological polar surface area (TPSA) is 46.9 Å². The highest BCUT2D eigenvalue weighted by Gasteiger charge is 2.11. The summed E-state index contributed by atoms with van der Waals surface area (Å²) in [5.41, 5.74) is 2.07. The van der Waals surface area contributed by atoms with Crippen LogP contribution in [0.25, 0.3) is 0 Å². The fourth-order valence-electron chi connectivity index (χ4n) is 2.29. The Hall–Kier alpha value is -2.59. The lowest BCUT2D eigenvalue weighted by atomic mass is 10.1. The van der Waals surface area contributed by atoms with Crippen molar-refractivity contribution in [2.45, 2.75) is 13.0 Å². The number of carbonyl (C=O) groups excluding carboxylic acids is 1. The van der Waals surface area contributed by atoms with E-state index in [0.717, 1.165) is 11.1 Å². The lowest BCUT2D eigenvalue weighted by molar-refractivity contribution is -0.115. The van der Waals surface area contributed by atoms with E-state index in [9.17, 15) is 4.79 Å². The molecule has 0 fully saturated rings. The van der Waals surface area contributed by atoms with E-state index in [0.29, 0.717) is 23.8 Å². The Bertz CT molecular complexity index is 785. The fraction of sp³-hybridized carbons (Fsp3) is 0.111. The molecule has 3 rings (SSSR count). The van der Waals surface area contributed by atoms with Crippen molar-refractivity contribution in [3.8, 4) is 0 Å². The van der Waals surface area contributed by atoms with Crippen LogP contribution in [0.1, 0.15) is 11.1 Å². The van der Waals surface area contributed by atoms with Gasteiger partial charge in [0.25, 0.3) is 0 Å². The van der Waals surface area contributed by atoms with Gasteiger partial charge in [-0.15, -0.1) is 0 Å². The van der Waals surface area contributed by atoms with Crippen LogP contribution >= 0.6 is 11.6 Å². The summed E-state index contributed by atoms with van der Waals surface area (Å²) >= 11 is 6.16. The SMILES string of the molecule is O=C(Cc1ccccc1)Nc1nn(Cc2ccccc2)cc1Cl. The van der Waals surface area contributed by atoms with Crippen LogP contribution in [0.3, 0.4) is 0 Å². The van der Waals surface area contributed by atoms with E-state index in [1.165, 1.54) is 0 Å². The number of hydrogen-bond acceptors (Lipinski definition) is 2. The first-order valence-electron chi connectivity index (χ1n) is 7.31. The minimum atomic E-state index is -0.136. The lowest BCUT2D eigenvalue weighted by Crippen LogP contribution is -2.15. The van der Waals surface area contributed by atoms with E-state index in [2.05, 4.69) is 10.4 Å². The average Bonchev–Trinajstić information content (AvgIpc) is 2.88. The first-order valence-corrected chi connectivity index (χ1v) is 7.69. The van der Waals surface area contributed by atoms with Crippen LogP contribution in [0.5, 0.6) is 0 Å². The number of nitrogens with one attached hydrogen (secondary N) is 1. The van der Waals surface area contributed by atoms with Crippen LogP contribution in [0, 0.1) is 0 Å². The largest absolute Gasteiger partial charge is 0.308 e. The molecule has 1 aromatic heterocycles. The minimum Gasteiger partial charge on any atom is -0.308 e. The third-order valence-corrected chi connectivity index (χ3v) is 3.65. The molecule has 0 aliphatic carbocycles. The zero-order valence-corrected chi connectivity index (χ0v) is 13.2. The number of rotatable bonds is 5. The summed E-state index contributed by atoms with van der Waals surface area (Å²) in [7, 11) is 0. The van der Waals surface area contributed by atoms with Crippen LogP contribution in [0.4, 0.5) is 5.82 Å². The average molecular weight is 326 g/mol. The van der Waals surface area contributed by atoms with E-state index < -0.39 is 0 Å². The minimum absolute atomic E-state index is 0.136. The molecule has 5 heteroatoms. The summed E-state index contributed by atoms with van der Waals surface area (Å²) in [4.78, 5) is 12.1. The van der Waals surface area contributed by atoms with Crippen molar-refractivity contribution in [2.24, 2.45) is 0 Å². The van der Waals surface area contributed by atoms with Gasteiger partial charge in [-0.2, -0.15) is 5.10 Å². The number of anilines is 1. The summed E-state index contributed by atoms with van der Waals surface area (Å²) in [6.07, 6.45) is 2.01. The molecule has 0 aliphatic rings. The second-order valence-electron chi connectivity index (χ2n) is 5.22. The molecule has 1 heterocycles. The molecule has 0 spiro atoms. The van der Waals surface area contributed by atoms with Gasteiger partial charge >= 0.3 is 0 Å². The molecule has 3 aromatic rings. The Morgan fingerprint density at radius 3 is 2.26 bits per heavy atom. The van der Waals surface area contributed by atoms with Crippen molar-refractivity contribution in [1.29, 1.82) is 0 Å². The Morgan fingerprint density at radius 2 is 1.61 bits per heavy atom. The van der Waals surface area contributed by atoms with Crippen LogP contribution in [0.15, 0.2) is 66.9 Å². The molecule has 0 atom stereocenters. The maximum Gasteiger partial charge on any atom is 0.230 e. The van der Waals surface area contributed by atoms with Gasteiger partial charge in [0.1, 0.15) is 5.02 Å². The van der Waals surface area contributed by atoms with Crippen LogP contribution in [0.2, 0.25) is 5.02 Å². The molecule has 4 nitrogen and oxygen atoms in total. The standard InChI is InChI=1S/C18H16ClN3O/c19-16-13-22(12-15-9-5-2-6-10-15)21-18(16)20-17(23)11-14-7-3-1-4-8-14/h1-10,13H,11-12H2,(H,20,21,23). The summed E-state index contributed by atoms with van der Waals surface area (Å²) in [6.45, 7) is 0.606. The van der Waals surface area contributed by atoms with Crippen LogP contribution in [-0.2, 0) is 17.8 Å². The summed E-state index contributed by atoms with van der Waals surface area (Å²) in [5.74, 6) is 0.256. The number of carbonyl (C=O) groups is 1. The molecule has 1 N–H and O–H groups in total. The number of aromatic nitrogens is 2. The molecule has 0 saturated heterocycles. The Kier molecular flexibility index (Phi) is 4.74. The third kappa shape index (κ3) is 4.20. The molecular formula is C18H16ClN3O. The Morgan fingerprint density at radius 1 is 1.00 bits per heavy atom. The van der Waals surface area contributed by atoms with Gasteiger partial charge in [0.15, 0.2) is 5.82 Å². The van der Waals surface area contributed by atoms with Crippen molar-refractivity contribution in [2.75, 3.05) is 5.32 Å². The monoisotopic (exact) mass is 325 g/mol. The summed E-state index contributed by atoms with van der Waals surface area (Å²) in [6, 6.07) is 19.5. The van der Waals surface area contributed by atoms with Gasteiger partial charge in [-0.1, -0.05) is 72.3 Å². The van der Waals surface area contributed by atoms with E-state index in [-0.39, 0.29) is 5.91 Å². The van der Waals surface area contributed by atoms with Gasteiger partial charge in [-0.3, -0.25) is 9.48 Å². The van der Waals surface area contributed by atoms with Gasteiger partial charge in [-0.25, -0.2) is 0 Å². The third-order valence-electron chi connectivity index (χ3n) is 3.37. The Balaban J connectivity index is 1.65. The first-order chi connectivity index (χ1) is 11.2.